The van der Waals surface area contributed by atoms with Gasteiger partial charge >= 0.3 is 0 Å². The van der Waals surface area contributed by atoms with Crippen molar-refractivity contribution in [2.24, 2.45) is 0 Å². The Balaban J connectivity index is 1.72. The molecular formula is C18H14N4O3S2. The first-order valence-corrected chi connectivity index (χ1v) is 9.03. The zero-order valence-electron chi connectivity index (χ0n) is 14.1. The molecule has 9 heteroatoms. The fourth-order valence-corrected chi connectivity index (χ4v) is 3.43. The van der Waals surface area contributed by atoms with Crippen LogP contribution in [0, 0.1) is 0 Å². The third-order valence-corrected chi connectivity index (χ3v) is 4.78. The number of rotatable bonds is 4. The van der Waals surface area contributed by atoms with Crippen molar-refractivity contribution in [2.45, 2.75) is 6.92 Å². The first-order valence-electron chi connectivity index (χ1n) is 7.80. The van der Waals surface area contributed by atoms with E-state index in [-0.39, 0.29) is 10.2 Å². The monoisotopic (exact) mass is 398 g/mol. The van der Waals surface area contributed by atoms with Crippen molar-refractivity contribution in [2.75, 3.05) is 5.32 Å². The fraction of sp³-hybridized carbons (Fsp3) is 0.0556. The molecule has 0 spiro atoms. The van der Waals surface area contributed by atoms with Gasteiger partial charge in [-0.3, -0.25) is 24.8 Å². The summed E-state index contributed by atoms with van der Waals surface area (Å²) < 4.78 is 0.239. The van der Waals surface area contributed by atoms with Crippen LogP contribution in [-0.4, -0.2) is 32.0 Å². The molecule has 3 amide bonds. The number of hydrazine groups is 1. The van der Waals surface area contributed by atoms with E-state index in [2.05, 4.69) is 15.7 Å². The van der Waals surface area contributed by atoms with Gasteiger partial charge in [-0.05, 0) is 48.1 Å². The summed E-state index contributed by atoms with van der Waals surface area (Å²) in [6.07, 6.45) is 4.66. The fourth-order valence-electron chi connectivity index (χ4n) is 2.25. The lowest BCUT2D eigenvalue weighted by molar-refractivity contribution is -0.123. The molecule has 1 saturated heterocycles. The molecule has 3 rings (SSSR count). The molecule has 0 saturated carbocycles. The van der Waals surface area contributed by atoms with E-state index in [0.29, 0.717) is 16.2 Å². The second kappa shape index (κ2) is 8.11. The average molecular weight is 398 g/mol. The average Bonchev–Trinajstić information content (AvgIpc) is 2.91. The number of thiocarbonyl (C=S) groups is 1. The van der Waals surface area contributed by atoms with Crippen LogP contribution in [0.3, 0.4) is 0 Å². The van der Waals surface area contributed by atoms with E-state index in [1.165, 1.54) is 19.3 Å². The molecule has 2 N–H and O–H groups in total. The summed E-state index contributed by atoms with van der Waals surface area (Å²) in [5.74, 6) is -1.01. The van der Waals surface area contributed by atoms with Gasteiger partial charge in [0.1, 0.15) is 0 Å². The number of aromatic nitrogens is 1. The van der Waals surface area contributed by atoms with Gasteiger partial charge in [-0.2, -0.15) is 5.01 Å². The Morgan fingerprint density at radius 3 is 2.44 bits per heavy atom. The van der Waals surface area contributed by atoms with Crippen molar-refractivity contribution in [3.05, 3.63) is 64.8 Å². The van der Waals surface area contributed by atoms with Crippen molar-refractivity contribution in [1.29, 1.82) is 0 Å². The van der Waals surface area contributed by atoms with E-state index in [0.717, 1.165) is 22.3 Å². The number of benzene rings is 1. The Morgan fingerprint density at radius 1 is 1.15 bits per heavy atom. The highest BCUT2D eigenvalue weighted by Crippen LogP contribution is 2.31. The summed E-state index contributed by atoms with van der Waals surface area (Å²) in [5, 5.41) is 3.73. The summed E-state index contributed by atoms with van der Waals surface area (Å²) in [6, 6.07) is 10.1. The van der Waals surface area contributed by atoms with Gasteiger partial charge < -0.3 is 5.32 Å². The Labute approximate surface area is 164 Å². The lowest BCUT2D eigenvalue weighted by Gasteiger charge is -2.15. The molecular weight excluding hydrogens is 384 g/mol. The molecule has 1 aromatic heterocycles. The number of carbonyl (C=O) groups is 3. The SMILES string of the molecule is CC(=O)Nc1ccc(C=C2SC(=S)N(NC(=O)c3ccncc3)C2=O)cc1. The van der Waals surface area contributed by atoms with E-state index in [1.807, 2.05) is 0 Å². The van der Waals surface area contributed by atoms with Crippen LogP contribution in [0.15, 0.2) is 53.7 Å². The molecule has 2 aromatic rings. The summed E-state index contributed by atoms with van der Waals surface area (Å²) in [5.41, 5.74) is 4.31. The number of nitrogens with one attached hydrogen (secondary N) is 2. The molecule has 136 valence electrons. The van der Waals surface area contributed by atoms with E-state index in [1.54, 1.807) is 42.5 Å². The largest absolute Gasteiger partial charge is 0.326 e. The molecule has 1 aliphatic rings. The zero-order valence-corrected chi connectivity index (χ0v) is 15.8. The molecule has 7 nitrogen and oxygen atoms in total. The quantitative estimate of drug-likeness (QED) is 0.608. The highest BCUT2D eigenvalue weighted by atomic mass is 32.2. The first-order chi connectivity index (χ1) is 12.9. The second-order valence-corrected chi connectivity index (χ2v) is 7.17. The Morgan fingerprint density at radius 2 is 1.81 bits per heavy atom. The standard InChI is InChI=1S/C18H14N4O3S2/c1-11(23)20-14-4-2-12(3-5-14)10-15-17(25)22(18(26)27-15)21-16(24)13-6-8-19-9-7-13/h2-10H,1H3,(H,20,23)(H,21,24). The van der Waals surface area contributed by atoms with Crippen LogP contribution in [0.25, 0.3) is 6.08 Å². The van der Waals surface area contributed by atoms with Gasteiger partial charge in [-0.1, -0.05) is 23.9 Å². The van der Waals surface area contributed by atoms with Crippen LogP contribution < -0.4 is 10.7 Å². The third kappa shape index (κ3) is 4.57. The van der Waals surface area contributed by atoms with Crippen LogP contribution in [0.5, 0.6) is 0 Å². The van der Waals surface area contributed by atoms with E-state index >= 15 is 0 Å². The summed E-state index contributed by atoms with van der Waals surface area (Å²) in [6.45, 7) is 1.43. The second-order valence-electron chi connectivity index (χ2n) is 5.50. The summed E-state index contributed by atoms with van der Waals surface area (Å²) in [4.78, 5) is 40.1. The Hall–Kier alpha value is -3.04. The molecule has 0 radical (unpaired) electrons. The van der Waals surface area contributed by atoms with Crippen molar-refractivity contribution in [3.8, 4) is 0 Å². The van der Waals surface area contributed by atoms with Gasteiger partial charge in [0.2, 0.25) is 5.91 Å². The van der Waals surface area contributed by atoms with E-state index in [4.69, 9.17) is 12.2 Å². The minimum atomic E-state index is -0.449. The Kier molecular flexibility index (Phi) is 5.63. The van der Waals surface area contributed by atoms with Crippen LogP contribution in [-0.2, 0) is 9.59 Å². The number of amides is 3. The maximum absolute atomic E-state index is 12.6. The number of thioether (sulfide) groups is 1. The number of hydrogen-bond donors (Lipinski definition) is 2. The third-order valence-electron chi connectivity index (χ3n) is 3.48. The highest BCUT2D eigenvalue weighted by molar-refractivity contribution is 8.26. The maximum Gasteiger partial charge on any atom is 0.285 e. The van der Waals surface area contributed by atoms with E-state index < -0.39 is 11.8 Å². The molecule has 1 aromatic carbocycles. The van der Waals surface area contributed by atoms with Crippen molar-refractivity contribution >= 4 is 57.8 Å². The van der Waals surface area contributed by atoms with Gasteiger partial charge in [-0.15, -0.1) is 0 Å². The molecule has 0 aliphatic carbocycles. The topological polar surface area (TPSA) is 91.4 Å². The smallest absolute Gasteiger partial charge is 0.285 e. The summed E-state index contributed by atoms with van der Waals surface area (Å²) in [7, 11) is 0. The molecule has 1 fully saturated rings. The van der Waals surface area contributed by atoms with Gasteiger partial charge in [-0.25, -0.2) is 0 Å². The highest BCUT2D eigenvalue weighted by Gasteiger charge is 2.33. The van der Waals surface area contributed by atoms with Crippen LogP contribution in [0.2, 0.25) is 0 Å². The first kappa shape index (κ1) is 18.7. The van der Waals surface area contributed by atoms with Crippen LogP contribution >= 0.6 is 24.0 Å². The van der Waals surface area contributed by atoms with Crippen molar-refractivity contribution in [3.63, 3.8) is 0 Å². The minimum absolute atomic E-state index is 0.159. The van der Waals surface area contributed by atoms with E-state index in [9.17, 15) is 14.4 Å². The zero-order chi connectivity index (χ0) is 19.4. The molecule has 1 aliphatic heterocycles. The maximum atomic E-state index is 12.6. The minimum Gasteiger partial charge on any atom is -0.326 e. The number of hydrogen-bond acceptors (Lipinski definition) is 6. The van der Waals surface area contributed by atoms with Crippen molar-refractivity contribution in [1.82, 2.24) is 15.4 Å². The lowest BCUT2D eigenvalue weighted by atomic mass is 10.2. The normalized spacial score (nSPS) is 15.1. The molecule has 0 bridgehead atoms. The summed E-state index contributed by atoms with van der Waals surface area (Å²) >= 11 is 6.30. The van der Waals surface area contributed by atoms with Crippen LogP contribution in [0.1, 0.15) is 22.8 Å². The van der Waals surface area contributed by atoms with Crippen molar-refractivity contribution < 1.29 is 14.4 Å². The molecule has 27 heavy (non-hydrogen) atoms. The predicted octanol–water partition coefficient (Wildman–Crippen LogP) is 2.59. The molecule has 0 unspecified atom stereocenters. The van der Waals surface area contributed by atoms with Gasteiger partial charge in [0.25, 0.3) is 11.8 Å². The molecule has 0 atom stereocenters. The number of pyridine rings is 1. The van der Waals surface area contributed by atoms with Gasteiger partial charge in [0.05, 0.1) is 4.91 Å². The predicted molar refractivity (Wildman–Crippen MR) is 107 cm³/mol. The van der Waals surface area contributed by atoms with Crippen LogP contribution in [0.4, 0.5) is 5.69 Å². The number of anilines is 1. The van der Waals surface area contributed by atoms with Gasteiger partial charge in [0.15, 0.2) is 4.32 Å². The lowest BCUT2D eigenvalue weighted by Crippen LogP contribution is -2.44. The number of nitrogens with zero attached hydrogens (tertiary/aromatic N) is 2. The number of carbonyl (C=O) groups excluding carboxylic acids is 3. The van der Waals surface area contributed by atoms with Gasteiger partial charge in [0, 0.05) is 30.6 Å². The Bertz CT molecular complexity index is 943. The molecule has 2 heterocycles.